The third-order valence-electron chi connectivity index (χ3n) is 1.56. The predicted octanol–water partition coefficient (Wildman–Crippen LogP) is 1.33. The van der Waals surface area contributed by atoms with E-state index in [0.717, 1.165) is 6.20 Å². The predicted molar refractivity (Wildman–Crippen MR) is 51.8 cm³/mol. The van der Waals surface area contributed by atoms with Crippen molar-refractivity contribution in [2.75, 3.05) is 0 Å². The number of nitrogens with zero attached hydrogens (tertiary/aromatic N) is 3. The first-order chi connectivity index (χ1) is 6.70. The highest BCUT2D eigenvalue weighted by atomic mass is 16.6. The summed E-state index contributed by atoms with van der Waals surface area (Å²) in [5.41, 5.74) is 0. The van der Waals surface area contributed by atoms with Crippen LogP contribution in [0.1, 0.15) is 26.6 Å². The van der Waals surface area contributed by atoms with E-state index >= 15 is 0 Å². The van der Waals surface area contributed by atoms with Crippen molar-refractivity contribution in [1.29, 1.82) is 0 Å². The lowest BCUT2D eigenvalue weighted by molar-refractivity contribution is -0.392. The number of hydrogen-bond donors (Lipinski definition) is 1. The fourth-order valence-electron chi connectivity index (χ4n) is 1.02. The smallest absolute Gasteiger partial charge is 0.342 e. The Morgan fingerprint density at radius 3 is 2.57 bits per heavy atom. The summed E-state index contributed by atoms with van der Waals surface area (Å²) in [6, 6.07) is 0. The average molecular weight is 201 g/mol. The van der Waals surface area contributed by atoms with Gasteiger partial charge in [-0.1, -0.05) is 13.8 Å². The monoisotopic (exact) mass is 201 g/mol. The fraction of sp³-hybridized carbons (Fsp3) is 0.625. The third kappa shape index (κ3) is 2.53. The highest BCUT2D eigenvalue weighted by Crippen LogP contribution is 2.13. The molecule has 0 bridgehead atoms. The molecule has 0 aliphatic carbocycles. The van der Waals surface area contributed by atoms with Gasteiger partial charge in [0, 0.05) is 0 Å². The van der Waals surface area contributed by atoms with Crippen molar-refractivity contribution in [2.24, 2.45) is 0 Å². The van der Waals surface area contributed by atoms with E-state index in [4.69, 9.17) is 5.11 Å². The zero-order chi connectivity index (χ0) is 11.1. The van der Waals surface area contributed by atoms with Gasteiger partial charge >= 0.3 is 5.82 Å². The highest BCUT2D eigenvalue weighted by molar-refractivity contribution is 5.18. The lowest BCUT2D eigenvalue weighted by atomic mass is 10.6. The molecular weight excluding hydrogens is 186 g/mol. The fourth-order valence-corrected chi connectivity index (χ4v) is 1.02. The lowest BCUT2D eigenvalue weighted by Crippen LogP contribution is -2.05. The maximum absolute atomic E-state index is 10.4. The Labute approximate surface area is 82.3 Å². The molecule has 0 saturated carbocycles. The molecule has 6 heteroatoms. The van der Waals surface area contributed by atoms with Crippen LogP contribution in [0.25, 0.3) is 0 Å². The summed E-state index contributed by atoms with van der Waals surface area (Å²) in [7, 11) is 0. The second kappa shape index (κ2) is 6.09. The van der Waals surface area contributed by atoms with Crippen LogP contribution in [0.2, 0.25) is 0 Å². The molecule has 0 fully saturated rings. The van der Waals surface area contributed by atoms with E-state index in [1.807, 2.05) is 13.8 Å². The Morgan fingerprint density at radius 1 is 1.64 bits per heavy atom. The number of nitro groups is 1. The van der Waals surface area contributed by atoms with Crippen LogP contribution in [0.3, 0.4) is 0 Å². The molecule has 1 N–H and O–H groups in total. The number of hydrogen-bond acceptors (Lipinski definition) is 4. The maximum Gasteiger partial charge on any atom is 0.342 e. The molecule has 0 unspecified atom stereocenters. The molecule has 80 valence electrons. The van der Waals surface area contributed by atoms with Crippen LogP contribution in [0, 0.1) is 10.1 Å². The summed E-state index contributed by atoms with van der Waals surface area (Å²) < 4.78 is 1.36. The van der Waals surface area contributed by atoms with Gasteiger partial charge < -0.3 is 15.2 Å². The molecule has 1 aromatic heterocycles. The topological polar surface area (TPSA) is 81.2 Å². The van der Waals surface area contributed by atoms with Gasteiger partial charge in [-0.2, -0.15) is 0 Å². The van der Waals surface area contributed by atoms with Gasteiger partial charge in [-0.3, -0.25) is 0 Å². The summed E-state index contributed by atoms with van der Waals surface area (Å²) in [5, 5.41) is 19.1. The minimum absolute atomic E-state index is 0.0819. The van der Waals surface area contributed by atoms with Gasteiger partial charge in [0.25, 0.3) is 0 Å². The van der Waals surface area contributed by atoms with E-state index in [9.17, 15) is 10.1 Å². The zero-order valence-corrected chi connectivity index (χ0v) is 8.60. The summed E-state index contributed by atoms with van der Waals surface area (Å²) >= 11 is 0. The van der Waals surface area contributed by atoms with Crippen molar-refractivity contribution in [3.63, 3.8) is 0 Å². The minimum Gasteiger partial charge on any atom is -0.386 e. The van der Waals surface area contributed by atoms with E-state index in [1.165, 1.54) is 4.57 Å². The molecule has 6 nitrogen and oxygen atoms in total. The van der Waals surface area contributed by atoms with Crippen LogP contribution in [0.15, 0.2) is 6.20 Å². The van der Waals surface area contributed by atoms with Crippen LogP contribution in [0.4, 0.5) is 5.82 Å². The van der Waals surface area contributed by atoms with E-state index in [1.54, 1.807) is 6.92 Å². The summed E-state index contributed by atoms with van der Waals surface area (Å²) in [4.78, 5) is 13.6. The Bertz CT molecular complexity index is 296. The van der Waals surface area contributed by atoms with E-state index in [-0.39, 0.29) is 12.4 Å². The summed E-state index contributed by atoms with van der Waals surface area (Å²) in [6.45, 7) is 5.92. The van der Waals surface area contributed by atoms with Crippen LogP contribution in [0.5, 0.6) is 0 Å². The van der Waals surface area contributed by atoms with Crippen molar-refractivity contribution < 1.29 is 10.0 Å². The van der Waals surface area contributed by atoms with Gasteiger partial charge in [0.1, 0.15) is 12.8 Å². The van der Waals surface area contributed by atoms with Gasteiger partial charge in [-0.05, 0) is 11.8 Å². The van der Waals surface area contributed by atoms with Gasteiger partial charge in [0.2, 0.25) is 5.82 Å². The second-order valence-electron chi connectivity index (χ2n) is 2.19. The number of imidazole rings is 1. The van der Waals surface area contributed by atoms with Gasteiger partial charge in [0.15, 0.2) is 0 Å². The first-order valence-corrected chi connectivity index (χ1v) is 4.50. The molecular formula is C8H15N3O3. The Balaban J connectivity index is 0.000000791. The molecule has 1 aromatic rings. The minimum atomic E-state index is -0.518. The zero-order valence-electron chi connectivity index (χ0n) is 8.60. The lowest BCUT2D eigenvalue weighted by Gasteiger charge is -1.98. The first kappa shape index (κ1) is 12.6. The molecule has 1 heterocycles. The molecule has 0 radical (unpaired) electrons. The quantitative estimate of drug-likeness (QED) is 0.590. The first-order valence-electron chi connectivity index (χ1n) is 4.50. The normalized spacial score (nSPS) is 9.14. The standard InChI is InChI=1S/C6H9N3O3.C2H6/c1-2-8-5(4-10)7-3-6(8)9(11)12;1-2/h3,10H,2,4H2,1H3;1-2H3. The molecule has 0 saturated heterocycles. The van der Waals surface area contributed by atoms with Gasteiger partial charge in [-0.25, -0.2) is 9.55 Å². The van der Waals surface area contributed by atoms with Crippen molar-refractivity contribution in [3.05, 3.63) is 22.1 Å². The molecule has 0 aliphatic rings. The summed E-state index contributed by atoms with van der Waals surface area (Å²) in [6.07, 6.45) is 1.15. The van der Waals surface area contributed by atoms with Gasteiger partial charge in [-0.15, -0.1) is 0 Å². The van der Waals surface area contributed by atoms with E-state index in [0.29, 0.717) is 12.4 Å². The SMILES string of the molecule is CC.CCn1c([N+](=O)[O-])cnc1CO. The van der Waals surface area contributed by atoms with Crippen molar-refractivity contribution in [1.82, 2.24) is 9.55 Å². The summed E-state index contributed by atoms with van der Waals surface area (Å²) in [5.74, 6) is 0.241. The molecule has 0 aliphatic heterocycles. The number of aliphatic hydroxyl groups excluding tert-OH is 1. The average Bonchev–Trinajstić information content (AvgIpc) is 2.63. The van der Waals surface area contributed by atoms with Crippen LogP contribution in [-0.4, -0.2) is 19.6 Å². The largest absolute Gasteiger partial charge is 0.386 e. The molecule has 0 amide bonds. The van der Waals surface area contributed by atoms with Crippen molar-refractivity contribution in [3.8, 4) is 0 Å². The van der Waals surface area contributed by atoms with Crippen LogP contribution >= 0.6 is 0 Å². The van der Waals surface area contributed by atoms with Crippen LogP contribution < -0.4 is 0 Å². The molecule has 0 aromatic carbocycles. The highest BCUT2D eigenvalue weighted by Gasteiger charge is 2.16. The number of aliphatic hydroxyl groups is 1. The number of rotatable bonds is 3. The molecule has 0 spiro atoms. The Hall–Kier alpha value is -1.43. The Morgan fingerprint density at radius 2 is 2.21 bits per heavy atom. The van der Waals surface area contributed by atoms with Crippen molar-refractivity contribution in [2.45, 2.75) is 33.9 Å². The molecule has 0 atom stereocenters. The second-order valence-corrected chi connectivity index (χ2v) is 2.19. The molecule has 1 rings (SSSR count). The third-order valence-corrected chi connectivity index (χ3v) is 1.56. The van der Waals surface area contributed by atoms with Gasteiger partial charge in [0.05, 0.1) is 6.54 Å². The van der Waals surface area contributed by atoms with E-state index in [2.05, 4.69) is 4.98 Å². The Kier molecular flexibility index (Phi) is 5.47. The number of aromatic nitrogens is 2. The van der Waals surface area contributed by atoms with E-state index < -0.39 is 4.92 Å². The molecule has 14 heavy (non-hydrogen) atoms. The maximum atomic E-state index is 10.4. The van der Waals surface area contributed by atoms with Crippen molar-refractivity contribution >= 4 is 5.82 Å². The van der Waals surface area contributed by atoms with Crippen LogP contribution in [-0.2, 0) is 13.2 Å².